The molecule has 13 atom stereocenters. The lowest BCUT2D eigenvalue weighted by atomic mass is 9.73. The molecule has 0 aliphatic carbocycles. The monoisotopic (exact) mass is 825 g/mol. The molecule has 3 saturated heterocycles. The third-order valence-corrected chi connectivity index (χ3v) is 12.7. The fourth-order valence-corrected chi connectivity index (χ4v) is 9.28. The predicted molar refractivity (Wildman–Crippen MR) is 215 cm³/mol. The van der Waals surface area contributed by atoms with Gasteiger partial charge in [-0.05, 0) is 79.1 Å². The van der Waals surface area contributed by atoms with E-state index in [0.29, 0.717) is 32.1 Å². The van der Waals surface area contributed by atoms with Gasteiger partial charge in [0.25, 0.3) is 0 Å². The number of aromatic nitrogens is 3. The van der Waals surface area contributed by atoms with Crippen LogP contribution in [-0.2, 0) is 49.4 Å². The highest BCUT2D eigenvalue weighted by atomic mass is 16.7. The summed E-state index contributed by atoms with van der Waals surface area (Å²) in [5.74, 6) is -5.86. The summed E-state index contributed by atoms with van der Waals surface area (Å²) >= 11 is 0. The summed E-state index contributed by atoms with van der Waals surface area (Å²) in [5.41, 5.74) is -1.72. The number of carbonyl (C=O) groups excluding carboxylic acids is 5. The van der Waals surface area contributed by atoms with Gasteiger partial charge in [0.2, 0.25) is 5.60 Å². The van der Waals surface area contributed by atoms with E-state index in [0.717, 1.165) is 11.3 Å². The average Bonchev–Trinajstić information content (AvgIpc) is 3.82. The van der Waals surface area contributed by atoms with E-state index in [2.05, 4.69) is 9.97 Å². The lowest BCUT2D eigenvalue weighted by Crippen LogP contribution is -2.61. The van der Waals surface area contributed by atoms with E-state index in [1.807, 2.05) is 48.8 Å². The Morgan fingerprint density at radius 3 is 2.39 bits per heavy atom. The number of cyclic esters (lactones) is 1. The van der Waals surface area contributed by atoms with Crippen LogP contribution in [0, 0.1) is 23.7 Å². The van der Waals surface area contributed by atoms with Gasteiger partial charge in [-0.3, -0.25) is 29.1 Å². The number of nitrogens with zero attached hydrogens (tertiary/aromatic N) is 5. The summed E-state index contributed by atoms with van der Waals surface area (Å²) in [4.78, 5) is 82.1. The zero-order chi connectivity index (χ0) is 43.4. The van der Waals surface area contributed by atoms with Gasteiger partial charge in [0.05, 0.1) is 35.9 Å². The van der Waals surface area contributed by atoms with Crippen LogP contribution in [0.3, 0.4) is 0 Å². The first-order valence-corrected chi connectivity index (χ1v) is 20.8. The summed E-state index contributed by atoms with van der Waals surface area (Å²) in [6, 6.07) is 2.31. The third-order valence-electron chi connectivity index (χ3n) is 12.7. The smallest absolute Gasteiger partial charge is 0.411 e. The van der Waals surface area contributed by atoms with E-state index < -0.39 is 83.4 Å². The largest absolute Gasteiger partial charge is 0.457 e. The Morgan fingerprint density at radius 2 is 1.76 bits per heavy atom. The van der Waals surface area contributed by atoms with Crippen molar-refractivity contribution in [1.29, 1.82) is 0 Å². The number of hydrogen-bond donors (Lipinski definition) is 1. The first-order chi connectivity index (χ1) is 27.9. The molecule has 1 unspecified atom stereocenters. The first kappa shape index (κ1) is 46.0. The van der Waals surface area contributed by atoms with Crippen molar-refractivity contribution in [2.24, 2.45) is 23.7 Å². The molecule has 0 bridgehead atoms. The number of carbonyl (C=O) groups is 5. The molecule has 59 heavy (non-hydrogen) atoms. The fourth-order valence-electron chi connectivity index (χ4n) is 9.28. The molecule has 5 rings (SSSR count). The van der Waals surface area contributed by atoms with E-state index in [9.17, 15) is 29.1 Å². The normalized spacial score (nSPS) is 36.2. The number of unbranched alkanes of at least 4 members (excludes halogenated alkanes) is 1. The quantitative estimate of drug-likeness (QED) is 0.139. The Hall–Kier alpha value is -4.09. The number of aryl methyl sites for hydroxylation is 1. The van der Waals surface area contributed by atoms with Crippen LogP contribution in [-0.4, -0.2) is 141 Å². The number of methoxy groups -OCH3 is 1. The van der Waals surface area contributed by atoms with E-state index in [4.69, 9.17) is 23.7 Å². The molecule has 5 heterocycles. The molecule has 0 spiro atoms. The van der Waals surface area contributed by atoms with Crippen LogP contribution in [0.25, 0.3) is 11.3 Å². The lowest BCUT2D eigenvalue weighted by Gasteiger charge is -2.47. The van der Waals surface area contributed by atoms with Gasteiger partial charge in [0, 0.05) is 68.1 Å². The van der Waals surface area contributed by atoms with Gasteiger partial charge in [0.15, 0.2) is 24.5 Å². The maximum Gasteiger partial charge on any atom is 0.411 e. The number of esters is 1. The van der Waals surface area contributed by atoms with Crippen molar-refractivity contribution in [2.45, 2.75) is 141 Å². The minimum absolute atomic E-state index is 0.0437. The summed E-state index contributed by atoms with van der Waals surface area (Å²) in [7, 11) is 5.16. The minimum atomic E-state index is -2.04. The molecular weight excluding hydrogens is 762 g/mol. The van der Waals surface area contributed by atoms with Crippen LogP contribution in [0.1, 0.15) is 80.6 Å². The molecule has 1 amide bonds. The molecule has 3 aliphatic heterocycles. The maximum atomic E-state index is 14.7. The first-order valence-electron chi connectivity index (χ1n) is 20.8. The Kier molecular flexibility index (Phi) is 14.9. The number of aldehydes is 1. The van der Waals surface area contributed by atoms with Crippen LogP contribution < -0.4 is 0 Å². The standard InChI is InChI=1S/C43H63N5O11/c1-11-33-43(23-49)37(48(41(54)59-43)18-13-12-17-47-22-31(45-24-47)30-15-14-16-44-21-30)27(4)34(50)25(2)20-42(7,55-10)38(28(5)35(51)29(6)39(53)57-33)58-40-36(52)32(46(8)9)19-26(3)56-40/h14-16,21-29,32-33,36-38,40,52H,11-13,17-20H2,1-10H3/t25-,26-,27+,28+,29-,32+,33-,36-,37-,38-,40?,42-,43-/m1/s1. The molecule has 1 N–H and O–H groups in total. The topological polar surface area (TPSA) is 189 Å². The number of hydrogen-bond acceptors (Lipinski definition) is 14. The van der Waals surface area contributed by atoms with Gasteiger partial charge in [-0.15, -0.1) is 0 Å². The number of aliphatic hydroxyl groups excluding tert-OH is 1. The minimum Gasteiger partial charge on any atom is -0.457 e. The molecule has 3 fully saturated rings. The average molecular weight is 826 g/mol. The molecule has 16 heteroatoms. The van der Waals surface area contributed by atoms with Crippen molar-refractivity contribution in [1.82, 2.24) is 24.3 Å². The van der Waals surface area contributed by atoms with Gasteiger partial charge in [-0.2, -0.15) is 0 Å². The molecule has 326 valence electrons. The molecule has 0 saturated carbocycles. The molecular formula is C43H63N5O11. The van der Waals surface area contributed by atoms with E-state index in [1.165, 1.54) is 18.9 Å². The number of imidazole rings is 1. The zero-order valence-corrected chi connectivity index (χ0v) is 36.1. The van der Waals surface area contributed by atoms with Crippen molar-refractivity contribution in [3.63, 3.8) is 0 Å². The SMILES string of the molecule is CC[C@H]1OC(=O)[C@H](C)C(=O)[C@H](C)[C@@H](OC2O[C@H](C)C[C@H](N(C)C)[C@H]2O)[C@](C)(OC)C[C@@H](C)C(=O)[C@H](C)[C@H]2N(CCCCn3cnc(-c4cccnc4)c3)C(=O)O[C@]12C=O. The lowest BCUT2D eigenvalue weighted by molar-refractivity contribution is -0.295. The Balaban J connectivity index is 1.46. The van der Waals surface area contributed by atoms with Crippen molar-refractivity contribution < 1.29 is 52.8 Å². The number of amides is 1. The number of ether oxygens (including phenoxy) is 5. The van der Waals surface area contributed by atoms with Gasteiger partial charge in [-0.25, -0.2) is 9.78 Å². The highest BCUT2D eigenvalue weighted by Crippen LogP contribution is 2.42. The van der Waals surface area contributed by atoms with Crippen molar-refractivity contribution in [2.75, 3.05) is 27.7 Å². The third kappa shape index (κ3) is 9.46. The molecule has 0 aromatic carbocycles. The summed E-state index contributed by atoms with van der Waals surface area (Å²) in [6.45, 7) is 12.4. The second-order valence-corrected chi connectivity index (χ2v) is 17.1. The molecule has 16 nitrogen and oxygen atoms in total. The molecule has 2 aromatic heterocycles. The Bertz CT molecular complexity index is 1790. The molecule has 2 aromatic rings. The van der Waals surface area contributed by atoms with Crippen LogP contribution in [0.5, 0.6) is 0 Å². The van der Waals surface area contributed by atoms with Crippen LogP contribution in [0.15, 0.2) is 37.1 Å². The van der Waals surface area contributed by atoms with Gasteiger partial charge in [0.1, 0.15) is 17.8 Å². The van der Waals surface area contributed by atoms with E-state index in [1.54, 1.807) is 53.3 Å². The molecule has 3 aliphatic rings. The summed E-state index contributed by atoms with van der Waals surface area (Å²) in [6.07, 6.45) is 3.54. The second kappa shape index (κ2) is 19.1. The number of pyridine rings is 1. The van der Waals surface area contributed by atoms with Crippen LogP contribution >= 0.6 is 0 Å². The van der Waals surface area contributed by atoms with Crippen molar-refractivity contribution in [3.05, 3.63) is 37.1 Å². The summed E-state index contributed by atoms with van der Waals surface area (Å²) in [5, 5.41) is 11.4. The number of rotatable bonds is 12. The van der Waals surface area contributed by atoms with E-state index in [-0.39, 0.29) is 37.3 Å². The van der Waals surface area contributed by atoms with Crippen molar-refractivity contribution in [3.8, 4) is 11.3 Å². The highest BCUT2D eigenvalue weighted by molar-refractivity contribution is 6.00. The second-order valence-electron chi connectivity index (χ2n) is 17.1. The maximum absolute atomic E-state index is 14.7. The Morgan fingerprint density at radius 1 is 1.05 bits per heavy atom. The fraction of sp³-hybridized carbons (Fsp3) is 0.698. The zero-order valence-electron chi connectivity index (χ0n) is 36.1. The highest BCUT2D eigenvalue weighted by Gasteiger charge is 2.63. The van der Waals surface area contributed by atoms with Crippen LogP contribution in [0.2, 0.25) is 0 Å². The number of ketones is 2. The van der Waals surface area contributed by atoms with Crippen molar-refractivity contribution >= 4 is 29.9 Å². The van der Waals surface area contributed by atoms with E-state index >= 15 is 0 Å². The van der Waals surface area contributed by atoms with Gasteiger partial charge >= 0.3 is 12.1 Å². The van der Waals surface area contributed by atoms with Gasteiger partial charge in [-0.1, -0.05) is 27.7 Å². The van der Waals surface area contributed by atoms with Gasteiger partial charge < -0.3 is 38.3 Å². The predicted octanol–water partition coefficient (Wildman–Crippen LogP) is 4.11. The summed E-state index contributed by atoms with van der Waals surface area (Å²) < 4.78 is 32.7. The van der Waals surface area contributed by atoms with Crippen LogP contribution in [0.4, 0.5) is 4.79 Å². The number of likely N-dealkylation sites (N-methyl/N-ethyl adjacent to an activating group) is 1. The Labute approximate surface area is 347 Å². The number of fused-ring (bicyclic) bond motifs is 1. The molecule has 0 radical (unpaired) electrons. The number of aliphatic hydroxyl groups is 1. The number of Topliss-reactive ketones (excluding diaryl/α,β-unsaturated/α-hetero) is 2.